The van der Waals surface area contributed by atoms with Crippen molar-refractivity contribution >= 4 is 22.7 Å². The zero-order chi connectivity index (χ0) is 13.1. The lowest BCUT2D eigenvalue weighted by Crippen LogP contribution is -2.08. The predicted molar refractivity (Wildman–Crippen MR) is 66.7 cm³/mol. The first-order valence-electron chi connectivity index (χ1n) is 5.23. The molecule has 2 aromatic carbocycles. The first-order chi connectivity index (χ1) is 8.63. The number of carbonyl (C=O) groups is 2. The number of carbonyl (C=O) groups excluding carboxylic acids is 1. The Kier molecular flexibility index (Phi) is 3.10. The number of hydrogen-bond acceptors (Lipinski definition) is 3. The molecule has 0 radical (unpaired) electrons. The van der Waals surface area contributed by atoms with E-state index in [0.717, 1.165) is 11.5 Å². The van der Waals surface area contributed by atoms with E-state index in [0.29, 0.717) is 5.39 Å². The Morgan fingerprint density at radius 2 is 1.89 bits per heavy atom. The highest BCUT2D eigenvalue weighted by molar-refractivity contribution is 6.02. The van der Waals surface area contributed by atoms with Gasteiger partial charge in [-0.2, -0.15) is 0 Å². The lowest BCUT2D eigenvalue weighted by atomic mass is 10.1. The van der Waals surface area contributed by atoms with E-state index in [4.69, 9.17) is 9.84 Å². The lowest BCUT2D eigenvalue weighted by molar-refractivity contribution is -0.128. The summed E-state index contributed by atoms with van der Waals surface area (Å²) in [6.45, 7) is 3.29. The van der Waals surface area contributed by atoms with Crippen LogP contribution in [0.1, 0.15) is 10.4 Å². The molecule has 2 rings (SSSR count). The van der Waals surface area contributed by atoms with Crippen LogP contribution in [-0.4, -0.2) is 17.0 Å². The average molecular weight is 242 g/mol. The molecule has 0 saturated heterocycles. The SMILES string of the molecule is C=CC(=O)Oc1c(C(=O)O)ccc2ccccc12. The highest BCUT2D eigenvalue weighted by Crippen LogP contribution is 2.30. The summed E-state index contributed by atoms with van der Waals surface area (Å²) in [5, 5.41) is 10.5. The van der Waals surface area contributed by atoms with Gasteiger partial charge in [0.25, 0.3) is 0 Å². The van der Waals surface area contributed by atoms with E-state index < -0.39 is 11.9 Å². The van der Waals surface area contributed by atoms with Gasteiger partial charge in [-0.3, -0.25) is 0 Å². The van der Waals surface area contributed by atoms with Crippen LogP contribution >= 0.6 is 0 Å². The number of aromatic carboxylic acids is 1. The first-order valence-corrected chi connectivity index (χ1v) is 5.23. The molecule has 4 nitrogen and oxygen atoms in total. The van der Waals surface area contributed by atoms with Crippen molar-refractivity contribution in [2.24, 2.45) is 0 Å². The minimum absolute atomic E-state index is 0.0468. The van der Waals surface area contributed by atoms with Gasteiger partial charge in [-0.05, 0) is 11.5 Å². The van der Waals surface area contributed by atoms with Crippen LogP contribution in [0.25, 0.3) is 10.8 Å². The number of carboxylic acid groups (broad SMARTS) is 1. The molecular weight excluding hydrogens is 232 g/mol. The van der Waals surface area contributed by atoms with Crippen LogP contribution in [0.4, 0.5) is 0 Å². The Morgan fingerprint density at radius 1 is 1.17 bits per heavy atom. The van der Waals surface area contributed by atoms with Crippen LogP contribution in [0.15, 0.2) is 49.1 Å². The maximum atomic E-state index is 11.3. The van der Waals surface area contributed by atoms with Crippen molar-refractivity contribution < 1.29 is 19.4 Å². The fourth-order valence-electron chi connectivity index (χ4n) is 1.66. The van der Waals surface area contributed by atoms with Crippen LogP contribution in [-0.2, 0) is 4.79 Å². The molecule has 0 aliphatic heterocycles. The average Bonchev–Trinajstić information content (AvgIpc) is 2.38. The normalized spacial score (nSPS) is 10.0. The van der Waals surface area contributed by atoms with Gasteiger partial charge in [-0.25, -0.2) is 9.59 Å². The fourth-order valence-corrected chi connectivity index (χ4v) is 1.66. The van der Waals surface area contributed by atoms with Crippen LogP contribution in [0.3, 0.4) is 0 Å². The predicted octanol–water partition coefficient (Wildman–Crippen LogP) is 2.63. The van der Waals surface area contributed by atoms with Gasteiger partial charge in [-0.1, -0.05) is 36.9 Å². The number of ether oxygens (including phenoxy) is 1. The smallest absolute Gasteiger partial charge is 0.339 e. The molecule has 18 heavy (non-hydrogen) atoms. The van der Waals surface area contributed by atoms with Crippen LogP contribution in [0, 0.1) is 0 Å². The standard InChI is InChI=1S/C14H10O4/c1-2-12(15)18-13-10-6-4-3-5-9(10)7-8-11(13)14(16)17/h2-8H,1H2,(H,16,17). The summed E-state index contributed by atoms with van der Waals surface area (Å²) in [5.41, 5.74) is -0.0519. The molecule has 0 atom stereocenters. The number of fused-ring (bicyclic) bond motifs is 1. The Morgan fingerprint density at radius 3 is 2.56 bits per heavy atom. The molecule has 4 heteroatoms. The van der Waals surface area contributed by atoms with Crippen molar-refractivity contribution in [3.05, 3.63) is 54.6 Å². The van der Waals surface area contributed by atoms with Gasteiger partial charge in [0.2, 0.25) is 0 Å². The van der Waals surface area contributed by atoms with Gasteiger partial charge in [0.15, 0.2) is 5.75 Å². The van der Waals surface area contributed by atoms with Crippen LogP contribution in [0.2, 0.25) is 0 Å². The van der Waals surface area contributed by atoms with Gasteiger partial charge in [0, 0.05) is 11.5 Å². The van der Waals surface area contributed by atoms with Gasteiger partial charge in [0.05, 0.1) is 0 Å². The monoisotopic (exact) mass is 242 g/mol. The summed E-state index contributed by atoms with van der Waals surface area (Å²) in [4.78, 5) is 22.4. The highest BCUT2D eigenvalue weighted by atomic mass is 16.5. The van der Waals surface area contributed by atoms with E-state index in [1.54, 1.807) is 18.2 Å². The van der Waals surface area contributed by atoms with E-state index in [9.17, 15) is 9.59 Å². The fraction of sp³-hybridized carbons (Fsp3) is 0. The number of benzene rings is 2. The Balaban J connectivity index is 2.70. The largest absolute Gasteiger partial charge is 0.478 e. The quantitative estimate of drug-likeness (QED) is 0.510. The molecule has 0 heterocycles. The van der Waals surface area contributed by atoms with E-state index >= 15 is 0 Å². The van der Waals surface area contributed by atoms with Crippen LogP contribution in [0.5, 0.6) is 5.75 Å². The molecule has 90 valence electrons. The zero-order valence-electron chi connectivity index (χ0n) is 9.42. The third-order valence-corrected chi connectivity index (χ3v) is 2.48. The Bertz CT molecular complexity index is 643. The van der Waals surface area contributed by atoms with Crippen molar-refractivity contribution in [3.63, 3.8) is 0 Å². The second-order valence-electron chi connectivity index (χ2n) is 3.59. The molecule has 0 amide bonds. The summed E-state index contributed by atoms with van der Waals surface area (Å²) in [7, 11) is 0. The third-order valence-electron chi connectivity index (χ3n) is 2.48. The van der Waals surface area contributed by atoms with Gasteiger partial charge in [-0.15, -0.1) is 0 Å². The molecule has 0 aliphatic rings. The molecule has 0 fully saturated rings. The number of esters is 1. The molecule has 0 unspecified atom stereocenters. The maximum Gasteiger partial charge on any atom is 0.339 e. The first kappa shape index (κ1) is 11.9. The number of rotatable bonds is 3. The third kappa shape index (κ3) is 2.08. The molecule has 0 aliphatic carbocycles. The molecule has 0 aromatic heterocycles. The van der Waals surface area contributed by atoms with E-state index in [1.165, 1.54) is 6.07 Å². The molecule has 0 bridgehead atoms. The van der Waals surface area contributed by atoms with Crippen LogP contribution < -0.4 is 4.74 Å². The summed E-state index contributed by atoms with van der Waals surface area (Å²) in [6.07, 6.45) is 0.993. The van der Waals surface area contributed by atoms with Crippen molar-refractivity contribution in [1.29, 1.82) is 0 Å². The molecule has 1 N–H and O–H groups in total. The lowest BCUT2D eigenvalue weighted by Gasteiger charge is -2.09. The Hall–Kier alpha value is -2.62. The number of carboxylic acids is 1. The maximum absolute atomic E-state index is 11.3. The molecule has 0 saturated carbocycles. The minimum Gasteiger partial charge on any atom is -0.478 e. The minimum atomic E-state index is -1.15. The summed E-state index contributed by atoms with van der Waals surface area (Å²) in [5.74, 6) is -1.79. The summed E-state index contributed by atoms with van der Waals surface area (Å²) < 4.78 is 5.03. The topological polar surface area (TPSA) is 63.6 Å². The Labute approximate surface area is 103 Å². The highest BCUT2D eigenvalue weighted by Gasteiger charge is 2.16. The summed E-state index contributed by atoms with van der Waals surface area (Å²) in [6, 6.07) is 10.2. The molecule has 2 aromatic rings. The second kappa shape index (κ2) is 4.71. The van der Waals surface area contributed by atoms with E-state index in [1.807, 2.05) is 12.1 Å². The van der Waals surface area contributed by atoms with Gasteiger partial charge < -0.3 is 9.84 Å². The zero-order valence-corrected chi connectivity index (χ0v) is 9.42. The molecule has 0 spiro atoms. The van der Waals surface area contributed by atoms with Crippen molar-refractivity contribution in [3.8, 4) is 5.75 Å². The van der Waals surface area contributed by atoms with Crippen molar-refractivity contribution in [2.75, 3.05) is 0 Å². The van der Waals surface area contributed by atoms with Gasteiger partial charge >= 0.3 is 11.9 Å². The molecular formula is C14H10O4. The van der Waals surface area contributed by atoms with Gasteiger partial charge in [0.1, 0.15) is 5.56 Å². The van der Waals surface area contributed by atoms with E-state index in [2.05, 4.69) is 6.58 Å². The summed E-state index contributed by atoms with van der Waals surface area (Å²) >= 11 is 0. The number of hydrogen-bond donors (Lipinski definition) is 1. The second-order valence-corrected chi connectivity index (χ2v) is 3.59. The van der Waals surface area contributed by atoms with Crippen molar-refractivity contribution in [1.82, 2.24) is 0 Å². The van der Waals surface area contributed by atoms with E-state index in [-0.39, 0.29) is 11.3 Å². The van der Waals surface area contributed by atoms with Crippen molar-refractivity contribution in [2.45, 2.75) is 0 Å².